The van der Waals surface area contributed by atoms with Crippen molar-refractivity contribution in [3.63, 3.8) is 0 Å². The summed E-state index contributed by atoms with van der Waals surface area (Å²) in [4.78, 5) is 0. The zero-order valence-corrected chi connectivity index (χ0v) is 13.7. The normalized spacial score (nSPS) is 13.8. The van der Waals surface area contributed by atoms with Crippen LogP contribution in [-0.4, -0.2) is 17.3 Å². The van der Waals surface area contributed by atoms with Gasteiger partial charge < -0.3 is 10.4 Å². The van der Waals surface area contributed by atoms with E-state index in [9.17, 15) is 5.11 Å². The van der Waals surface area contributed by atoms with Crippen molar-refractivity contribution >= 4 is 0 Å². The van der Waals surface area contributed by atoms with E-state index < -0.39 is 5.60 Å². The predicted octanol–water partition coefficient (Wildman–Crippen LogP) is 4.09. The van der Waals surface area contributed by atoms with Crippen molar-refractivity contribution in [1.82, 2.24) is 5.32 Å². The van der Waals surface area contributed by atoms with Crippen molar-refractivity contribution < 1.29 is 5.11 Å². The van der Waals surface area contributed by atoms with Gasteiger partial charge in [0.2, 0.25) is 0 Å². The quantitative estimate of drug-likeness (QED) is 0.750. The van der Waals surface area contributed by atoms with Crippen LogP contribution in [0.4, 0.5) is 0 Å². The molecule has 20 heavy (non-hydrogen) atoms. The summed E-state index contributed by atoms with van der Waals surface area (Å²) in [6.45, 7) is 11.4. The molecule has 0 aliphatic heterocycles. The zero-order chi connectivity index (χ0) is 15.2. The van der Waals surface area contributed by atoms with Crippen molar-refractivity contribution in [2.24, 2.45) is 5.92 Å². The zero-order valence-electron chi connectivity index (χ0n) is 13.7. The van der Waals surface area contributed by atoms with Gasteiger partial charge in [0.05, 0.1) is 5.60 Å². The number of hydrogen-bond acceptors (Lipinski definition) is 2. The molecule has 0 aromatic heterocycles. The predicted molar refractivity (Wildman–Crippen MR) is 86.9 cm³/mol. The first-order valence-electron chi connectivity index (χ1n) is 7.94. The molecular weight excluding hydrogens is 246 g/mol. The van der Waals surface area contributed by atoms with Crippen LogP contribution in [0, 0.1) is 5.92 Å². The van der Waals surface area contributed by atoms with Crippen LogP contribution in [0.25, 0.3) is 0 Å². The molecule has 0 fully saturated rings. The largest absolute Gasteiger partial charge is 0.389 e. The van der Waals surface area contributed by atoms with Crippen molar-refractivity contribution in [2.75, 3.05) is 6.54 Å². The summed E-state index contributed by atoms with van der Waals surface area (Å²) < 4.78 is 0. The standard InChI is InChI=1S/C18H31NO/c1-6-18(20,7-2)13-19-15(5)17-10-8-16(9-11-17)12-14(3)4/h8-11,14-15,19-20H,6-7,12-13H2,1-5H3. The first kappa shape index (κ1) is 17.2. The summed E-state index contributed by atoms with van der Waals surface area (Å²) in [5.41, 5.74) is 2.10. The maximum Gasteiger partial charge on any atom is 0.0766 e. The molecule has 0 bridgehead atoms. The molecule has 0 heterocycles. The van der Waals surface area contributed by atoms with Crippen molar-refractivity contribution in [1.29, 1.82) is 0 Å². The Labute approximate surface area is 124 Å². The van der Waals surface area contributed by atoms with Gasteiger partial charge in [-0.15, -0.1) is 0 Å². The van der Waals surface area contributed by atoms with Crippen LogP contribution in [0.1, 0.15) is 64.6 Å². The molecule has 2 nitrogen and oxygen atoms in total. The molecule has 0 saturated carbocycles. The lowest BCUT2D eigenvalue weighted by Gasteiger charge is -2.27. The number of rotatable bonds is 8. The van der Waals surface area contributed by atoms with E-state index in [-0.39, 0.29) is 6.04 Å². The third-order valence-corrected chi connectivity index (χ3v) is 4.18. The molecule has 0 saturated heterocycles. The maximum atomic E-state index is 10.3. The van der Waals surface area contributed by atoms with E-state index in [2.05, 4.69) is 50.4 Å². The van der Waals surface area contributed by atoms with E-state index in [1.54, 1.807) is 0 Å². The molecule has 0 spiro atoms. The van der Waals surface area contributed by atoms with Crippen LogP contribution in [-0.2, 0) is 6.42 Å². The topological polar surface area (TPSA) is 32.3 Å². The summed E-state index contributed by atoms with van der Waals surface area (Å²) >= 11 is 0. The Hall–Kier alpha value is -0.860. The average molecular weight is 277 g/mol. The Bertz CT molecular complexity index is 379. The van der Waals surface area contributed by atoms with Gasteiger partial charge in [-0.3, -0.25) is 0 Å². The number of nitrogens with one attached hydrogen (secondary N) is 1. The van der Waals surface area contributed by atoms with Gasteiger partial charge in [0, 0.05) is 12.6 Å². The van der Waals surface area contributed by atoms with Crippen LogP contribution in [0.15, 0.2) is 24.3 Å². The van der Waals surface area contributed by atoms with Gasteiger partial charge in [-0.25, -0.2) is 0 Å². The summed E-state index contributed by atoms with van der Waals surface area (Å²) in [6, 6.07) is 9.12. The molecule has 1 aromatic rings. The van der Waals surface area contributed by atoms with Gasteiger partial charge >= 0.3 is 0 Å². The Morgan fingerprint density at radius 3 is 2.05 bits per heavy atom. The Morgan fingerprint density at radius 2 is 1.60 bits per heavy atom. The lowest BCUT2D eigenvalue weighted by Crippen LogP contribution is -2.40. The molecule has 0 aliphatic rings. The van der Waals surface area contributed by atoms with Gasteiger partial charge in [0.15, 0.2) is 0 Å². The molecule has 1 unspecified atom stereocenters. The van der Waals surface area contributed by atoms with E-state index in [0.717, 1.165) is 19.3 Å². The molecule has 114 valence electrons. The Kier molecular flexibility index (Phi) is 6.70. The van der Waals surface area contributed by atoms with E-state index in [4.69, 9.17) is 0 Å². The SMILES string of the molecule is CCC(O)(CC)CNC(C)c1ccc(CC(C)C)cc1. The lowest BCUT2D eigenvalue weighted by molar-refractivity contribution is 0.0303. The smallest absolute Gasteiger partial charge is 0.0766 e. The second kappa shape index (κ2) is 7.80. The van der Waals surface area contributed by atoms with E-state index in [0.29, 0.717) is 12.5 Å². The van der Waals surface area contributed by atoms with Crippen LogP contribution in [0.2, 0.25) is 0 Å². The van der Waals surface area contributed by atoms with Crippen molar-refractivity contribution in [3.8, 4) is 0 Å². The van der Waals surface area contributed by atoms with Gasteiger partial charge in [-0.1, -0.05) is 52.0 Å². The van der Waals surface area contributed by atoms with Gasteiger partial charge in [0.25, 0.3) is 0 Å². The van der Waals surface area contributed by atoms with Crippen molar-refractivity contribution in [3.05, 3.63) is 35.4 Å². The van der Waals surface area contributed by atoms with Crippen LogP contribution >= 0.6 is 0 Å². The average Bonchev–Trinajstić information content (AvgIpc) is 2.44. The minimum absolute atomic E-state index is 0.271. The fourth-order valence-electron chi connectivity index (χ4n) is 2.37. The Morgan fingerprint density at radius 1 is 1.05 bits per heavy atom. The van der Waals surface area contributed by atoms with Crippen LogP contribution < -0.4 is 5.32 Å². The third kappa shape index (κ3) is 5.26. The first-order chi connectivity index (χ1) is 9.40. The van der Waals surface area contributed by atoms with Crippen LogP contribution in [0.5, 0.6) is 0 Å². The highest BCUT2D eigenvalue weighted by molar-refractivity contribution is 5.25. The van der Waals surface area contributed by atoms with E-state index >= 15 is 0 Å². The van der Waals surface area contributed by atoms with E-state index in [1.165, 1.54) is 11.1 Å². The highest BCUT2D eigenvalue weighted by Crippen LogP contribution is 2.18. The van der Waals surface area contributed by atoms with Gasteiger partial charge in [0.1, 0.15) is 0 Å². The monoisotopic (exact) mass is 277 g/mol. The Balaban J connectivity index is 2.57. The third-order valence-electron chi connectivity index (χ3n) is 4.18. The van der Waals surface area contributed by atoms with Gasteiger partial charge in [-0.05, 0) is 43.2 Å². The minimum atomic E-state index is -0.578. The van der Waals surface area contributed by atoms with Gasteiger partial charge in [-0.2, -0.15) is 0 Å². The number of aliphatic hydroxyl groups is 1. The highest BCUT2D eigenvalue weighted by atomic mass is 16.3. The number of hydrogen-bond donors (Lipinski definition) is 2. The maximum absolute atomic E-state index is 10.3. The van der Waals surface area contributed by atoms with Crippen LogP contribution in [0.3, 0.4) is 0 Å². The summed E-state index contributed by atoms with van der Waals surface area (Å²) in [5.74, 6) is 0.695. The highest BCUT2D eigenvalue weighted by Gasteiger charge is 2.22. The van der Waals surface area contributed by atoms with Crippen molar-refractivity contribution in [2.45, 2.75) is 65.5 Å². The van der Waals surface area contributed by atoms with E-state index in [1.807, 2.05) is 13.8 Å². The molecule has 0 aliphatic carbocycles. The summed E-state index contributed by atoms with van der Waals surface area (Å²) in [7, 11) is 0. The fourth-order valence-corrected chi connectivity index (χ4v) is 2.37. The minimum Gasteiger partial charge on any atom is -0.389 e. The number of benzene rings is 1. The molecule has 0 amide bonds. The second-order valence-electron chi connectivity index (χ2n) is 6.37. The summed E-state index contributed by atoms with van der Waals surface area (Å²) in [5, 5.41) is 13.8. The molecule has 1 rings (SSSR count). The second-order valence-corrected chi connectivity index (χ2v) is 6.37. The first-order valence-corrected chi connectivity index (χ1v) is 7.94. The molecular formula is C18H31NO. The molecule has 1 aromatic carbocycles. The molecule has 1 atom stereocenters. The summed E-state index contributed by atoms with van der Waals surface area (Å²) in [6.07, 6.45) is 2.71. The fraction of sp³-hybridized carbons (Fsp3) is 0.667. The molecule has 2 N–H and O–H groups in total. The lowest BCUT2D eigenvalue weighted by atomic mass is 9.96. The molecule has 0 radical (unpaired) electrons. The molecule has 2 heteroatoms.